The summed E-state index contributed by atoms with van der Waals surface area (Å²) in [5.41, 5.74) is 0.589. The van der Waals surface area contributed by atoms with Gasteiger partial charge in [0.25, 0.3) is 0 Å². The highest BCUT2D eigenvalue weighted by atomic mass is 16.3. The van der Waals surface area contributed by atoms with E-state index in [9.17, 15) is 9.90 Å². The van der Waals surface area contributed by atoms with Crippen molar-refractivity contribution >= 4 is 12.1 Å². The van der Waals surface area contributed by atoms with Gasteiger partial charge in [-0.2, -0.15) is 0 Å². The first-order chi connectivity index (χ1) is 7.20. The quantitative estimate of drug-likeness (QED) is 0.740. The summed E-state index contributed by atoms with van der Waals surface area (Å²) in [4.78, 5) is 16.7. The lowest BCUT2D eigenvalue weighted by molar-refractivity contribution is 0.107. The third-order valence-electron chi connectivity index (χ3n) is 2.82. The summed E-state index contributed by atoms with van der Waals surface area (Å²) in [6.45, 7) is 3.49. The second-order valence-electron chi connectivity index (χ2n) is 3.97. The van der Waals surface area contributed by atoms with Gasteiger partial charge >= 0.3 is 0 Å². The van der Waals surface area contributed by atoms with Crippen LogP contribution in [0.25, 0.3) is 0 Å². The summed E-state index contributed by atoms with van der Waals surface area (Å²) in [6, 6.07) is 3.59. The Hall–Kier alpha value is -1.42. The lowest BCUT2D eigenvalue weighted by Crippen LogP contribution is -2.51. The molecule has 1 aromatic rings. The highest BCUT2D eigenvalue weighted by molar-refractivity contribution is 5.74. The van der Waals surface area contributed by atoms with E-state index in [0.717, 1.165) is 25.2 Å². The molecule has 1 aliphatic rings. The SMILES string of the molecule is C[C@H](O)C1CN(c2ccc(C=O)cn2)C1. The number of carbonyl (C=O) groups is 1. The fourth-order valence-electron chi connectivity index (χ4n) is 1.66. The first-order valence-corrected chi connectivity index (χ1v) is 5.05. The van der Waals surface area contributed by atoms with Crippen molar-refractivity contribution in [2.45, 2.75) is 13.0 Å². The molecule has 1 atom stereocenters. The summed E-state index contributed by atoms with van der Waals surface area (Å²) >= 11 is 0. The van der Waals surface area contributed by atoms with Crippen LogP contribution in [0.2, 0.25) is 0 Å². The maximum atomic E-state index is 10.4. The smallest absolute Gasteiger partial charge is 0.151 e. The van der Waals surface area contributed by atoms with E-state index in [2.05, 4.69) is 9.88 Å². The molecule has 0 amide bonds. The van der Waals surface area contributed by atoms with Crippen LogP contribution >= 0.6 is 0 Å². The van der Waals surface area contributed by atoms with Crippen LogP contribution in [0.1, 0.15) is 17.3 Å². The molecule has 0 bridgehead atoms. The number of aliphatic hydroxyl groups is 1. The van der Waals surface area contributed by atoms with Crippen LogP contribution in [-0.2, 0) is 0 Å². The summed E-state index contributed by atoms with van der Waals surface area (Å²) in [6.07, 6.45) is 2.10. The first kappa shape index (κ1) is 10.1. The molecule has 2 heterocycles. The number of aromatic nitrogens is 1. The molecule has 0 saturated carbocycles. The van der Waals surface area contributed by atoms with Crippen molar-refractivity contribution in [3.05, 3.63) is 23.9 Å². The van der Waals surface area contributed by atoms with Crippen LogP contribution in [0.5, 0.6) is 0 Å². The molecule has 0 aromatic carbocycles. The Morgan fingerprint density at radius 3 is 2.80 bits per heavy atom. The summed E-state index contributed by atoms with van der Waals surface area (Å²) < 4.78 is 0. The minimum Gasteiger partial charge on any atom is -0.393 e. The maximum absolute atomic E-state index is 10.4. The standard InChI is InChI=1S/C11H14N2O2/c1-8(15)10-5-13(6-10)11-3-2-9(7-14)4-12-11/h2-4,7-8,10,15H,5-6H2,1H3/t8-/m0/s1. The number of anilines is 1. The average Bonchev–Trinajstić information content (AvgIpc) is 2.16. The molecule has 4 heteroatoms. The fraction of sp³-hybridized carbons (Fsp3) is 0.455. The van der Waals surface area contributed by atoms with E-state index in [1.165, 1.54) is 0 Å². The fourth-order valence-corrected chi connectivity index (χ4v) is 1.66. The Balaban J connectivity index is 1.98. The van der Waals surface area contributed by atoms with E-state index in [4.69, 9.17) is 0 Å². The highest BCUT2D eigenvalue weighted by Crippen LogP contribution is 2.24. The van der Waals surface area contributed by atoms with Gasteiger partial charge in [0.15, 0.2) is 6.29 Å². The molecule has 15 heavy (non-hydrogen) atoms. The van der Waals surface area contributed by atoms with Crippen molar-refractivity contribution in [3.63, 3.8) is 0 Å². The van der Waals surface area contributed by atoms with E-state index in [0.29, 0.717) is 11.5 Å². The monoisotopic (exact) mass is 206 g/mol. The largest absolute Gasteiger partial charge is 0.393 e. The van der Waals surface area contributed by atoms with Crippen molar-refractivity contribution < 1.29 is 9.90 Å². The van der Waals surface area contributed by atoms with E-state index in [1.54, 1.807) is 12.3 Å². The van der Waals surface area contributed by atoms with Gasteiger partial charge in [0.1, 0.15) is 5.82 Å². The van der Waals surface area contributed by atoms with Crippen molar-refractivity contribution in [3.8, 4) is 0 Å². The van der Waals surface area contributed by atoms with E-state index in [1.807, 2.05) is 13.0 Å². The van der Waals surface area contributed by atoms with Gasteiger partial charge in [0, 0.05) is 30.8 Å². The predicted molar refractivity (Wildman–Crippen MR) is 57.0 cm³/mol. The number of aldehydes is 1. The zero-order valence-corrected chi connectivity index (χ0v) is 8.63. The Morgan fingerprint density at radius 2 is 2.33 bits per heavy atom. The molecule has 1 aromatic heterocycles. The van der Waals surface area contributed by atoms with Crippen molar-refractivity contribution in [1.82, 2.24) is 4.98 Å². The van der Waals surface area contributed by atoms with E-state index in [-0.39, 0.29) is 6.10 Å². The minimum atomic E-state index is -0.254. The van der Waals surface area contributed by atoms with Crippen LogP contribution in [0.4, 0.5) is 5.82 Å². The van der Waals surface area contributed by atoms with Gasteiger partial charge in [-0.25, -0.2) is 4.98 Å². The third-order valence-corrected chi connectivity index (χ3v) is 2.82. The Morgan fingerprint density at radius 1 is 1.60 bits per heavy atom. The van der Waals surface area contributed by atoms with Crippen LogP contribution in [-0.4, -0.2) is 35.6 Å². The van der Waals surface area contributed by atoms with Gasteiger partial charge in [-0.1, -0.05) is 0 Å². The van der Waals surface area contributed by atoms with Gasteiger partial charge in [-0.15, -0.1) is 0 Å². The first-order valence-electron chi connectivity index (χ1n) is 5.05. The van der Waals surface area contributed by atoms with Gasteiger partial charge in [-0.05, 0) is 19.1 Å². The van der Waals surface area contributed by atoms with Crippen molar-refractivity contribution in [1.29, 1.82) is 0 Å². The number of hydrogen-bond donors (Lipinski definition) is 1. The molecule has 0 aliphatic carbocycles. The number of carbonyl (C=O) groups excluding carboxylic acids is 1. The lowest BCUT2D eigenvalue weighted by atomic mass is 9.95. The molecule has 4 nitrogen and oxygen atoms in total. The molecule has 0 radical (unpaired) electrons. The molecule has 1 saturated heterocycles. The number of pyridine rings is 1. The molecule has 2 rings (SSSR count). The second-order valence-corrected chi connectivity index (χ2v) is 3.97. The third kappa shape index (κ3) is 1.99. The van der Waals surface area contributed by atoms with Gasteiger partial charge in [0.05, 0.1) is 6.10 Å². The van der Waals surface area contributed by atoms with Crippen LogP contribution in [0.3, 0.4) is 0 Å². The molecular weight excluding hydrogens is 192 g/mol. The zero-order valence-electron chi connectivity index (χ0n) is 8.63. The molecule has 1 fully saturated rings. The highest BCUT2D eigenvalue weighted by Gasteiger charge is 2.30. The predicted octanol–water partition coefficient (Wildman–Crippen LogP) is 0.711. The summed E-state index contributed by atoms with van der Waals surface area (Å²) in [7, 11) is 0. The molecule has 1 N–H and O–H groups in total. The number of rotatable bonds is 3. The Bertz CT molecular complexity index is 342. The van der Waals surface area contributed by atoms with Gasteiger partial charge < -0.3 is 10.0 Å². The van der Waals surface area contributed by atoms with Gasteiger partial charge in [0.2, 0.25) is 0 Å². The van der Waals surface area contributed by atoms with E-state index < -0.39 is 0 Å². The number of nitrogens with zero attached hydrogens (tertiary/aromatic N) is 2. The topological polar surface area (TPSA) is 53.4 Å². The van der Waals surface area contributed by atoms with Crippen molar-refractivity contribution in [2.24, 2.45) is 5.92 Å². The lowest BCUT2D eigenvalue weighted by Gasteiger charge is -2.41. The molecule has 0 spiro atoms. The molecule has 1 aliphatic heterocycles. The van der Waals surface area contributed by atoms with Crippen LogP contribution < -0.4 is 4.90 Å². The van der Waals surface area contributed by atoms with Crippen LogP contribution in [0, 0.1) is 5.92 Å². The molecule has 0 unspecified atom stereocenters. The molecular formula is C11H14N2O2. The summed E-state index contributed by atoms with van der Waals surface area (Å²) in [5, 5.41) is 9.33. The average molecular weight is 206 g/mol. The Kier molecular flexibility index (Phi) is 2.68. The normalized spacial score (nSPS) is 18.4. The second kappa shape index (κ2) is 3.98. The Labute approximate surface area is 88.6 Å². The minimum absolute atomic E-state index is 0.254. The van der Waals surface area contributed by atoms with E-state index >= 15 is 0 Å². The number of hydrogen-bond acceptors (Lipinski definition) is 4. The zero-order chi connectivity index (χ0) is 10.8. The molecule has 80 valence electrons. The summed E-state index contributed by atoms with van der Waals surface area (Å²) in [5.74, 6) is 1.22. The van der Waals surface area contributed by atoms with Crippen molar-refractivity contribution in [2.75, 3.05) is 18.0 Å². The van der Waals surface area contributed by atoms with Gasteiger partial charge in [-0.3, -0.25) is 4.79 Å². The maximum Gasteiger partial charge on any atom is 0.151 e. The number of aliphatic hydroxyl groups excluding tert-OH is 1. The van der Waals surface area contributed by atoms with Crippen LogP contribution in [0.15, 0.2) is 18.3 Å².